The van der Waals surface area contributed by atoms with E-state index in [-0.39, 0.29) is 5.97 Å². The zero-order chi connectivity index (χ0) is 9.47. The number of carbonyl (C=O) groups is 1. The van der Waals surface area contributed by atoms with Crippen molar-refractivity contribution in [2.75, 3.05) is 0 Å². The Morgan fingerprint density at radius 3 is 2.62 bits per heavy atom. The summed E-state index contributed by atoms with van der Waals surface area (Å²) in [5.41, 5.74) is 0.488. The van der Waals surface area contributed by atoms with E-state index in [0.29, 0.717) is 11.3 Å². The molecule has 0 bridgehead atoms. The number of para-hydroxylation sites is 1. The quantitative estimate of drug-likeness (QED) is 0.570. The van der Waals surface area contributed by atoms with Crippen LogP contribution in [0.5, 0.6) is 5.75 Å². The molecule has 1 aliphatic heterocycles. The van der Waals surface area contributed by atoms with Gasteiger partial charge in [0.05, 0.1) is 0 Å². The third-order valence-electron chi connectivity index (χ3n) is 1.80. The Kier molecular flexibility index (Phi) is 1.55. The summed E-state index contributed by atoms with van der Waals surface area (Å²) in [6.45, 7) is 3.42. The molecule has 0 fully saturated rings. The number of carbonyl (C=O) groups excluding carboxylic acids is 1. The Morgan fingerprint density at radius 1 is 1.15 bits per heavy atom. The molecule has 1 aliphatic rings. The van der Waals surface area contributed by atoms with Crippen molar-refractivity contribution in [1.29, 1.82) is 0 Å². The van der Waals surface area contributed by atoms with Crippen LogP contribution >= 0.6 is 0 Å². The molecule has 3 heteroatoms. The van der Waals surface area contributed by atoms with E-state index in [1.165, 1.54) is 0 Å². The number of benzene rings is 1. The lowest BCUT2D eigenvalue weighted by Crippen LogP contribution is -2.38. The molecule has 2 rings (SSSR count). The molecular weight excluding hydrogens is 168 g/mol. The lowest BCUT2D eigenvalue weighted by atomic mass is 10.1. The molecule has 0 N–H and O–H groups in total. The highest BCUT2D eigenvalue weighted by atomic mass is 16.7. The largest absolute Gasteiger partial charge is 0.452 e. The summed E-state index contributed by atoms with van der Waals surface area (Å²) < 4.78 is 10.5. The average Bonchev–Trinajstić information content (AvgIpc) is 2.02. The van der Waals surface area contributed by atoms with Crippen molar-refractivity contribution in [1.82, 2.24) is 0 Å². The van der Waals surface area contributed by atoms with E-state index < -0.39 is 5.79 Å². The van der Waals surface area contributed by atoms with Crippen LogP contribution in [-0.2, 0) is 4.74 Å². The van der Waals surface area contributed by atoms with Gasteiger partial charge in [0.1, 0.15) is 11.3 Å². The maximum Gasteiger partial charge on any atom is 0.345 e. The number of hydrogen-bond acceptors (Lipinski definition) is 3. The van der Waals surface area contributed by atoms with Crippen molar-refractivity contribution in [3.63, 3.8) is 0 Å². The summed E-state index contributed by atoms with van der Waals surface area (Å²) in [4.78, 5) is 11.4. The van der Waals surface area contributed by atoms with Crippen LogP contribution in [0.4, 0.5) is 0 Å². The first-order valence-electron chi connectivity index (χ1n) is 4.10. The van der Waals surface area contributed by atoms with Crippen LogP contribution in [0.25, 0.3) is 0 Å². The first kappa shape index (κ1) is 8.10. The van der Waals surface area contributed by atoms with Gasteiger partial charge in [0, 0.05) is 13.8 Å². The maximum atomic E-state index is 11.4. The molecule has 1 heterocycles. The molecule has 0 atom stereocenters. The summed E-state index contributed by atoms with van der Waals surface area (Å²) >= 11 is 0. The Labute approximate surface area is 76.3 Å². The third kappa shape index (κ3) is 1.37. The molecule has 13 heavy (non-hydrogen) atoms. The number of ether oxygens (including phenoxy) is 2. The molecule has 0 aliphatic carbocycles. The fourth-order valence-electron chi connectivity index (χ4n) is 1.29. The van der Waals surface area contributed by atoms with Gasteiger partial charge in [0.15, 0.2) is 0 Å². The fourth-order valence-corrected chi connectivity index (χ4v) is 1.29. The Morgan fingerprint density at radius 2 is 1.85 bits per heavy atom. The van der Waals surface area contributed by atoms with Crippen molar-refractivity contribution < 1.29 is 14.3 Å². The standard InChI is InChI=1S/C10H10O3/c1-10(2)12-8-6-4-3-5-7(8)9(11)13-10/h3-6H,1-2H3. The summed E-state index contributed by atoms with van der Waals surface area (Å²) in [5, 5.41) is 0. The van der Waals surface area contributed by atoms with Crippen molar-refractivity contribution in [2.45, 2.75) is 19.6 Å². The summed E-state index contributed by atoms with van der Waals surface area (Å²) in [5.74, 6) is -0.596. The molecule has 0 saturated heterocycles. The minimum atomic E-state index is -0.856. The van der Waals surface area contributed by atoms with E-state index in [1.54, 1.807) is 32.0 Å². The van der Waals surface area contributed by atoms with Crippen LogP contribution in [0.15, 0.2) is 24.3 Å². The van der Waals surface area contributed by atoms with E-state index in [1.807, 2.05) is 6.07 Å². The van der Waals surface area contributed by atoms with E-state index >= 15 is 0 Å². The molecular formula is C10H10O3. The Balaban J connectivity index is 2.49. The molecule has 0 unspecified atom stereocenters. The number of fused-ring (bicyclic) bond motifs is 1. The zero-order valence-corrected chi connectivity index (χ0v) is 7.53. The second-order valence-corrected chi connectivity index (χ2v) is 3.39. The van der Waals surface area contributed by atoms with Crippen LogP contribution in [-0.4, -0.2) is 11.8 Å². The van der Waals surface area contributed by atoms with Crippen molar-refractivity contribution in [2.24, 2.45) is 0 Å². The van der Waals surface area contributed by atoms with Gasteiger partial charge >= 0.3 is 5.97 Å². The molecule has 68 valence electrons. The molecule has 0 saturated carbocycles. The van der Waals surface area contributed by atoms with Crippen LogP contribution in [0, 0.1) is 0 Å². The molecule has 0 radical (unpaired) electrons. The zero-order valence-electron chi connectivity index (χ0n) is 7.53. The van der Waals surface area contributed by atoms with Gasteiger partial charge in [-0.15, -0.1) is 0 Å². The van der Waals surface area contributed by atoms with Gasteiger partial charge in [-0.2, -0.15) is 0 Å². The molecule has 0 spiro atoms. The minimum Gasteiger partial charge on any atom is -0.452 e. The molecule has 1 aromatic carbocycles. The van der Waals surface area contributed by atoms with Crippen molar-refractivity contribution in [3.8, 4) is 5.75 Å². The summed E-state index contributed by atoms with van der Waals surface area (Å²) in [6.07, 6.45) is 0. The van der Waals surface area contributed by atoms with Crippen molar-refractivity contribution >= 4 is 5.97 Å². The van der Waals surface area contributed by atoms with Crippen molar-refractivity contribution in [3.05, 3.63) is 29.8 Å². The van der Waals surface area contributed by atoms with Gasteiger partial charge in [0.25, 0.3) is 0 Å². The monoisotopic (exact) mass is 178 g/mol. The van der Waals surface area contributed by atoms with Crippen LogP contribution < -0.4 is 4.74 Å². The number of esters is 1. The van der Waals surface area contributed by atoms with Gasteiger partial charge in [-0.25, -0.2) is 4.79 Å². The molecule has 0 aromatic heterocycles. The Bertz CT molecular complexity index is 355. The highest BCUT2D eigenvalue weighted by Crippen LogP contribution is 2.30. The van der Waals surface area contributed by atoms with Crippen LogP contribution in [0.3, 0.4) is 0 Å². The Hall–Kier alpha value is -1.51. The maximum absolute atomic E-state index is 11.4. The van der Waals surface area contributed by atoms with Crippen LogP contribution in [0.2, 0.25) is 0 Å². The van der Waals surface area contributed by atoms with E-state index in [2.05, 4.69) is 0 Å². The predicted octanol–water partition coefficient (Wildman–Crippen LogP) is 1.97. The first-order valence-corrected chi connectivity index (χ1v) is 4.10. The first-order chi connectivity index (χ1) is 6.08. The average molecular weight is 178 g/mol. The van der Waals surface area contributed by atoms with Gasteiger partial charge in [0.2, 0.25) is 5.79 Å². The third-order valence-corrected chi connectivity index (χ3v) is 1.80. The number of hydrogen-bond donors (Lipinski definition) is 0. The smallest absolute Gasteiger partial charge is 0.345 e. The van der Waals surface area contributed by atoms with E-state index in [4.69, 9.17) is 9.47 Å². The van der Waals surface area contributed by atoms with E-state index in [9.17, 15) is 4.79 Å². The topological polar surface area (TPSA) is 35.5 Å². The normalized spacial score (nSPS) is 18.5. The minimum absolute atomic E-state index is 0.327. The second-order valence-electron chi connectivity index (χ2n) is 3.39. The van der Waals surface area contributed by atoms with Gasteiger partial charge in [-0.3, -0.25) is 0 Å². The van der Waals surface area contributed by atoms with Gasteiger partial charge < -0.3 is 9.47 Å². The lowest BCUT2D eigenvalue weighted by molar-refractivity contribution is -0.127. The SMILES string of the molecule is CC1(C)OC(=O)c2ccccc2O1. The number of cyclic esters (lactones) is 1. The van der Waals surface area contributed by atoms with Crippen LogP contribution in [0.1, 0.15) is 24.2 Å². The van der Waals surface area contributed by atoms with E-state index in [0.717, 1.165) is 0 Å². The summed E-state index contributed by atoms with van der Waals surface area (Å²) in [7, 11) is 0. The number of rotatable bonds is 0. The predicted molar refractivity (Wildman–Crippen MR) is 46.6 cm³/mol. The molecule has 0 amide bonds. The van der Waals surface area contributed by atoms with Gasteiger partial charge in [-0.05, 0) is 12.1 Å². The molecule has 3 nitrogen and oxygen atoms in total. The highest BCUT2D eigenvalue weighted by molar-refractivity contribution is 5.93. The lowest BCUT2D eigenvalue weighted by Gasteiger charge is -2.31. The molecule has 1 aromatic rings. The fraction of sp³-hybridized carbons (Fsp3) is 0.300. The highest BCUT2D eigenvalue weighted by Gasteiger charge is 2.33. The second kappa shape index (κ2) is 2.49. The van der Waals surface area contributed by atoms with Gasteiger partial charge in [-0.1, -0.05) is 12.1 Å². The summed E-state index contributed by atoms with van der Waals surface area (Å²) in [6, 6.07) is 7.06.